The molecule has 2 aromatic carbocycles. The third-order valence-corrected chi connectivity index (χ3v) is 4.80. The first-order valence-corrected chi connectivity index (χ1v) is 9.26. The highest BCUT2D eigenvalue weighted by Gasteiger charge is 2.24. The number of methoxy groups -OCH3 is 1. The number of thioether (sulfide) groups is 1. The number of benzene rings is 2. The number of amides is 1. The van der Waals surface area contributed by atoms with Gasteiger partial charge in [-0.3, -0.25) is 4.79 Å². The van der Waals surface area contributed by atoms with Crippen molar-refractivity contribution >= 4 is 46.2 Å². The van der Waals surface area contributed by atoms with Crippen molar-refractivity contribution < 1.29 is 14.3 Å². The highest BCUT2D eigenvalue weighted by molar-refractivity contribution is 8.18. The normalized spacial score (nSPS) is 16.4. The van der Waals surface area contributed by atoms with Crippen molar-refractivity contribution in [3.63, 3.8) is 0 Å². The van der Waals surface area contributed by atoms with Crippen LogP contribution >= 0.6 is 23.4 Å². The van der Waals surface area contributed by atoms with E-state index in [4.69, 9.17) is 21.1 Å². The van der Waals surface area contributed by atoms with Gasteiger partial charge >= 0.3 is 0 Å². The second-order valence-electron chi connectivity index (χ2n) is 5.44. The van der Waals surface area contributed by atoms with E-state index in [1.54, 1.807) is 37.5 Å². The van der Waals surface area contributed by atoms with Gasteiger partial charge in [-0.25, -0.2) is 4.99 Å². The number of nitrogens with zero attached hydrogens (tertiary/aromatic N) is 1. The number of carbonyl (C=O) groups is 1. The molecule has 0 saturated carbocycles. The number of ether oxygens (including phenoxy) is 2. The molecule has 0 atom stereocenters. The third-order valence-electron chi connectivity index (χ3n) is 3.57. The Morgan fingerprint density at radius 2 is 2.07 bits per heavy atom. The first-order chi connectivity index (χ1) is 13.1. The summed E-state index contributed by atoms with van der Waals surface area (Å²) in [5.74, 6) is 0.986. The molecule has 1 fully saturated rings. The van der Waals surface area contributed by atoms with E-state index >= 15 is 0 Å². The Morgan fingerprint density at radius 1 is 1.26 bits per heavy atom. The van der Waals surface area contributed by atoms with Crippen LogP contribution in [0.3, 0.4) is 0 Å². The zero-order valence-corrected chi connectivity index (χ0v) is 16.1. The van der Waals surface area contributed by atoms with Crippen molar-refractivity contribution in [2.75, 3.05) is 13.7 Å². The zero-order chi connectivity index (χ0) is 19.2. The number of rotatable bonds is 6. The number of halogens is 1. The number of aliphatic imine (C=N–C) groups is 1. The van der Waals surface area contributed by atoms with Crippen LogP contribution in [-0.2, 0) is 4.79 Å². The summed E-state index contributed by atoms with van der Waals surface area (Å²) in [6.07, 6.45) is 3.43. The van der Waals surface area contributed by atoms with E-state index in [9.17, 15) is 4.79 Å². The molecule has 5 nitrogen and oxygen atoms in total. The van der Waals surface area contributed by atoms with Crippen LogP contribution in [-0.4, -0.2) is 24.8 Å². The summed E-state index contributed by atoms with van der Waals surface area (Å²) in [6, 6.07) is 12.7. The topological polar surface area (TPSA) is 59.9 Å². The van der Waals surface area contributed by atoms with Crippen LogP contribution in [0.15, 0.2) is 65.0 Å². The van der Waals surface area contributed by atoms with Gasteiger partial charge in [0, 0.05) is 0 Å². The fraction of sp³-hybridized carbons (Fsp3) is 0.100. The smallest absolute Gasteiger partial charge is 0.264 e. The van der Waals surface area contributed by atoms with Crippen molar-refractivity contribution in [1.82, 2.24) is 5.32 Å². The highest BCUT2D eigenvalue weighted by atomic mass is 35.5. The van der Waals surface area contributed by atoms with Crippen LogP contribution in [0.5, 0.6) is 11.5 Å². The standard InChI is InChI=1S/C20H17ClN2O3S/c1-3-10-26-16-9-8-13(11-17(16)25-2)12-18-19(24)23-20(27-18)22-15-7-5-4-6-14(15)21/h3-9,11-12H,1,10H2,2H3,(H,22,23,24)/b18-12-. The molecule has 27 heavy (non-hydrogen) atoms. The molecule has 0 unspecified atom stereocenters. The second-order valence-corrected chi connectivity index (χ2v) is 6.88. The molecule has 0 aromatic heterocycles. The molecule has 2 aromatic rings. The lowest BCUT2D eigenvalue weighted by Crippen LogP contribution is -2.19. The van der Waals surface area contributed by atoms with E-state index in [2.05, 4.69) is 16.9 Å². The van der Waals surface area contributed by atoms with Crippen molar-refractivity contribution in [3.05, 3.63) is 70.6 Å². The van der Waals surface area contributed by atoms with Crippen molar-refractivity contribution in [2.24, 2.45) is 4.99 Å². The number of hydrogen-bond donors (Lipinski definition) is 1. The summed E-state index contributed by atoms with van der Waals surface area (Å²) >= 11 is 7.37. The number of amidine groups is 1. The minimum atomic E-state index is -0.211. The van der Waals surface area contributed by atoms with E-state index in [0.717, 1.165) is 5.56 Å². The number of hydrogen-bond acceptors (Lipinski definition) is 5. The summed E-state index contributed by atoms with van der Waals surface area (Å²) in [5.41, 5.74) is 1.42. The second kappa shape index (κ2) is 8.79. The zero-order valence-electron chi connectivity index (χ0n) is 14.6. The fourth-order valence-corrected chi connectivity index (χ4v) is 3.34. The molecule has 3 rings (SSSR count). The van der Waals surface area contributed by atoms with E-state index in [0.29, 0.717) is 38.9 Å². The first kappa shape index (κ1) is 19.1. The maximum atomic E-state index is 12.2. The van der Waals surface area contributed by atoms with Gasteiger partial charge in [0.2, 0.25) is 0 Å². The fourth-order valence-electron chi connectivity index (χ4n) is 2.33. The average molecular weight is 401 g/mol. The molecule has 1 heterocycles. The van der Waals surface area contributed by atoms with Gasteiger partial charge in [-0.05, 0) is 47.7 Å². The lowest BCUT2D eigenvalue weighted by Gasteiger charge is -2.09. The van der Waals surface area contributed by atoms with Gasteiger partial charge < -0.3 is 14.8 Å². The molecular formula is C20H17ClN2O3S. The van der Waals surface area contributed by atoms with Crippen LogP contribution in [0.2, 0.25) is 5.02 Å². The summed E-state index contributed by atoms with van der Waals surface area (Å²) in [7, 11) is 1.57. The molecule has 7 heteroatoms. The Balaban J connectivity index is 1.82. The number of nitrogens with one attached hydrogen (secondary N) is 1. The molecule has 0 bridgehead atoms. The Labute approximate surface area is 166 Å². The predicted octanol–water partition coefficient (Wildman–Crippen LogP) is 4.81. The first-order valence-electron chi connectivity index (χ1n) is 8.06. The van der Waals surface area contributed by atoms with Crippen molar-refractivity contribution in [2.45, 2.75) is 0 Å². The minimum absolute atomic E-state index is 0.211. The monoisotopic (exact) mass is 400 g/mol. The van der Waals surface area contributed by atoms with Crippen LogP contribution in [0.1, 0.15) is 5.56 Å². The van der Waals surface area contributed by atoms with E-state index in [-0.39, 0.29) is 5.91 Å². The SMILES string of the molecule is C=CCOc1ccc(/C=C2\SC(=Nc3ccccc3Cl)NC2=O)cc1OC. The lowest BCUT2D eigenvalue weighted by atomic mass is 10.2. The molecule has 0 spiro atoms. The van der Waals surface area contributed by atoms with Crippen molar-refractivity contribution in [1.29, 1.82) is 0 Å². The van der Waals surface area contributed by atoms with Crippen LogP contribution in [0.4, 0.5) is 5.69 Å². The number of carbonyl (C=O) groups excluding carboxylic acids is 1. The predicted molar refractivity (Wildman–Crippen MR) is 111 cm³/mol. The third kappa shape index (κ3) is 4.72. The Morgan fingerprint density at radius 3 is 2.81 bits per heavy atom. The molecule has 1 N–H and O–H groups in total. The van der Waals surface area contributed by atoms with Gasteiger partial charge in [0.1, 0.15) is 6.61 Å². The van der Waals surface area contributed by atoms with E-state index < -0.39 is 0 Å². The quantitative estimate of drug-likeness (QED) is 0.558. The average Bonchev–Trinajstić information content (AvgIpc) is 3.01. The van der Waals surface area contributed by atoms with Gasteiger partial charge in [0.05, 0.1) is 22.7 Å². The van der Waals surface area contributed by atoms with Gasteiger partial charge in [-0.2, -0.15) is 0 Å². The Kier molecular flexibility index (Phi) is 6.21. The maximum absolute atomic E-state index is 12.2. The van der Waals surface area contributed by atoms with Crippen molar-refractivity contribution in [3.8, 4) is 11.5 Å². The maximum Gasteiger partial charge on any atom is 0.264 e. The molecule has 1 aliphatic heterocycles. The highest BCUT2D eigenvalue weighted by Crippen LogP contribution is 2.33. The molecular weight excluding hydrogens is 384 g/mol. The number of para-hydroxylation sites is 1. The van der Waals surface area contributed by atoms with Gasteiger partial charge in [-0.1, -0.05) is 42.5 Å². The molecule has 0 aliphatic carbocycles. The molecule has 1 amide bonds. The minimum Gasteiger partial charge on any atom is -0.493 e. The Bertz CT molecular complexity index is 941. The summed E-state index contributed by atoms with van der Waals surface area (Å²) in [5, 5.41) is 3.76. The molecule has 1 saturated heterocycles. The van der Waals surface area contributed by atoms with Gasteiger partial charge in [-0.15, -0.1) is 0 Å². The van der Waals surface area contributed by atoms with Crippen LogP contribution in [0.25, 0.3) is 6.08 Å². The lowest BCUT2D eigenvalue weighted by molar-refractivity contribution is -0.115. The molecule has 1 aliphatic rings. The molecule has 0 radical (unpaired) electrons. The van der Waals surface area contributed by atoms with Gasteiger partial charge in [0.15, 0.2) is 16.7 Å². The van der Waals surface area contributed by atoms with Crippen LogP contribution in [0, 0.1) is 0 Å². The Hall–Kier alpha value is -2.70. The summed E-state index contributed by atoms with van der Waals surface area (Å²) < 4.78 is 10.9. The largest absolute Gasteiger partial charge is 0.493 e. The van der Waals surface area contributed by atoms with Crippen LogP contribution < -0.4 is 14.8 Å². The van der Waals surface area contributed by atoms with E-state index in [1.807, 2.05) is 24.3 Å². The summed E-state index contributed by atoms with van der Waals surface area (Å²) in [4.78, 5) is 17.2. The van der Waals surface area contributed by atoms with E-state index in [1.165, 1.54) is 11.8 Å². The summed E-state index contributed by atoms with van der Waals surface area (Å²) in [6.45, 7) is 4.01. The van der Waals surface area contributed by atoms with Gasteiger partial charge in [0.25, 0.3) is 5.91 Å². The molecule has 138 valence electrons.